The first-order valence-corrected chi connectivity index (χ1v) is 6.86. The van der Waals surface area contributed by atoms with Gasteiger partial charge in [-0.25, -0.2) is 4.39 Å². The van der Waals surface area contributed by atoms with Crippen molar-refractivity contribution in [3.8, 4) is 0 Å². The van der Waals surface area contributed by atoms with E-state index in [0.29, 0.717) is 4.90 Å². The largest absolute Gasteiger partial charge is 0.327 e. The van der Waals surface area contributed by atoms with Crippen LogP contribution in [-0.4, -0.2) is 10.8 Å². The number of hydrogen-bond donors (Lipinski definition) is 1. The van der Waals surface area contributed by atoms with Crippen LogP contribution in [0, 0.1) is 5.82 Å². The zero-order valence-corrected chi connectivity index (χ0v) is 11.9. The van der Waals surface area contributed by atoms with Crippen molar-refractivity contribution in [2.75, 3.05) is 0 Å². The van der Waals surface area contributed by atoms with Crippen LogP contribution in [0.15, 0.2) is 23.1 Å². The molecule has 1 aromatic carbocycles. The van der Waals surface area contributed by atoms with E-state index in [9.17, 15) is 4.39 Å². The van der Waals surface area contributed by atoms with Gasteiger partial charge in [0.25, 0.3) is 0 Å². The summed E-state index contributed by atoms with van der Waals surface area (Å²) in [6.07, 6.45) is 1.66. The van der Waals surface area contributed by atoms with Gasteiger partial charge in [-0.05, 0) is 30.5 Å². The molecule has 17 heavy (non-hydrogen) atoms. The van der Waals surface area contributed by atoms with Crippen molar-refractivity contribution >= 4 is 11.8 Å². The fourth-order valence-electron chi connectivity index (χ4n) is 1.53. The molecule has 3 heteroatoms. The minimum absolute atomic E-state index is 0.0299. The molecule has 1 unspecified atom stereocenters. The van der Waals surface area contributed by atoms with Gasteiger partial charge in [0, 0.05) is 15.7 Å². The van der Waals surface area contributed by atoms with Gasteiger partial charge in [0.05, 0.1) is 0 Å². The van der Waals surface area contributed by atoms with Crippen LogP contribution in [0.25, 0.3) is 0 Å². The third-order valence-corrected chi connectivity index (χ3v) is 3.60. The number of benzene rings is 1. The third-order valence-electron chi connectivity index (χ3n) is 2.43. The van der Waals surface area contributed by atoms with Gasteiger partial charge >= 0.3 is 0 Å². The van der Waals surface area contributed by atoms with Crippen LogP contribution >= 0.6 is 11.8 Å². The molecule has 0 fully saturated rings. The zero-order chi connectivity index (χ0) is 13.1. The molecule has 1 nitrogen and oxygen atoms in total. The van der Waals surface area contributed by atoms with Crippen molar-refractivity contribution in [2.24, 2.45) is 5.73 Å². The maximum atomic E-state index is 13.9. The fourth-order valence-corrected chi connectivity index (χ4v) is 2.48. The average Bonchev–Trinajstić information content (AvgIpc) is 2.20. The minimum atomic E-state index is -0.134. The Kier molecular flexibility index (Phi) is 5.02. The third kappa shape index (κ3) is 5.09. The average molecular weight is 255 g/mol. The topological polar surface area (TPSA) is 26.0 Å². The second kappa shape index (κ2) is 5.87. The maximum Gasteiger partial charge on any atom is 0.137 e. The second-order valence-corrected chi connectivity index (χ2v) is 7.22. The second-order valence-electron chi connectivity index (χ2n) is 5.35. The summed E-state index contributed by atoms with van der Waals surface area (Å²) in [5.74, 6) is -0.134. The van der Waals surface area contributed by atoms with E-state index in [4.69, 9.17) is 5.73 Å². The van der Waals surface area contributed by atoms with Crippen molar-refractivity contribution in [3.63, 3.8) is 0 Å². The summed E-state index contributed by atoms with van der Waals surface area (Å²) < 4.78 is 13.9. The summed E-state index contributed by atoms with van der Waals surface area (Å²) in [5, 5.41) is 0. The molecule has 0 spiro atoms. The molecule has 1 aromatic rings. The van der Waals surface area contributed by atoms with E-state index in [1.165, 1.54) is 0 Å². The van der Waals surface area contributed by atoms with Gasteiger partial charge in [0.1, 0.15) is 5.82 Å². The van der Waals surface area contributed by atoms with Crippen molar-refractivity contribution in [3.05, 3.63) is 29.6 Å². The normalized spacial score (nSPS) is 13.8. The highest BCUT2D eigenvalue weighted by Crippen LogP contribution is 2.33. The predicted octanol–water partition coefficient (Wildman–Crippen LogP) is 4.00. The van der Waals surface area contributed by atoms with E-state index < -0.39 is 0 Å². The van der Waals surface area contributed by atoms with Crippen LogP contribution < -0.4 is 5.73 Å². The number of thioether (sulfide) groups is 1. The Hall–Kier alpha value is -0.540. The van der Waals surface area contributed by atoms with Crippen LogP contribution in [0.1, 0.15) is 39.7 Å². The van der Waals surface area contributed by atoms with Gasteiger partial charge in [0.2, 0.25) is 0 Å². The predicted molar refractivity (Wildman–Crippen MR) is 74.0 cm³/mol. The van der Waals surface area contributed by atoms with Crippen molar-refractivity contribution in [2.45, 2.75) is 56.2 Å². The molecular formula is C14H22FNS. The molecule has 96 valence electrons. The highest BCUT2D eigenvalue weighted by Gasteiger charge is 2.15. The van der Waals surface area contributed by atoms with Crippen LogP contribution in [0.3, 0.4) is 0 Å². The highest BCUT2D eigenvalue weighted by atomic mass is 32.2. The zero-order valence-electron chi connectivity index (χ0n) is 11.1. The van der Waals surface area contributed by atoms with Gasteiger partial charge in [-0.1, -0.05) is 33.8 Å². The lowest BCUT2D eigenvalue weighted by Crippen LogP contribution is -2.21. The van der Waals surface area contributed by atoms with Gasteiger partial charge in [0.15, 0.2) is 0 Å². The SMILES string of the molecule is CCC(N)Cc1ccc(SC(C)(C)C)c(F)c1. The lowest BCUT2D eigenvalue weighted by atomic mass is 10.0. The lowest BCUT2D eigenvalue weighted by Gasteiger charge is -2.18. The summed E-state index contributed by atoms with van der Waals surface area (Å²) >= 11 is 1.55. The molecule has 0 saturated heterocycles. The van der Waals surface area contributed by atoms with E-state index in [2.05, 4.69) is 20.8 Å². The van der Waals surface area contributed by atoms with Crippen LogP contribution in [-0.2, 0) is 6.42 Å². The summed E-state index contributed by atoms with van der Waals surface area (Å²) in [6.45, 7) is 8.29. The Bertz CT molecular complexity index is 371. The van der Waals surface area contributed by atoms with Crippen LogP contribution in [0.5, 0.6) is 0 Å². The lowest BCUT2D eigenvalue weighted by molar-refractivity contribution is 0.591. The Balaban J connectivity index is 2.79. The molecule has 0 amide bonds. The monoisotopic (exact) mass is 255 g/mol. The number of nitrogens with two attached hydrogens (primary N) is 1. The molecule has 0 aliphatic rings. The Morgan fingerprint density at radius 1 is 1.35 bits per heavy atom. The highest BCUT2D eigenvalue weighted by molar-refractivity contribution is 8.00. The van der Waals surface area contributed by atoms with E-state index in [1.54, 1.807) is 17.8 Å². The van der Waals surface area contributed by atoms with Gasteiger partial charge in [-0.3, -0.25) is 0 Å². The van der Waals surface area contributed by atoms with Crippen LogP contribution in [0.4, 0.5) is 4.39 Å². The first-order valence-electron chi connectivity index (χ1n) is 6.05. The van der Waals surface area contributed by atoms with Gasteiger partial charge < -0.3 is 5.73 Å². The molecule has 0 bridgehead atoms. The summed E-state index contributed by atoms with van der Waals surface area (Å²) in [5.41, 5.74) is 6.85. The molecule has 0 heterocycles. The van der Waals surface area contributed by atoms with E-state index in [0.717, 1.165) is 18.4 Å². The Morgan fingerprint density at radius 3 is 2.47 bits per heavy atom. The van der Waals surface area contributed by atoms with Gasteiger partial charge in [-0.15, -0.1) is 11.8 Å². The van der Waals surface area contributed by atoms with E-state index in [-0.39, 0.29) is 16.6 Å². The Labute approximate surface area is 108 Å². The molecule has 1 atom stereocenters. The standard InChI is InChI=1S/C14H22FNS/c1-5-11(16)8-10-6-7-13(12(15)9-10)17-14(2,3)4/h6-7,9,11H,5,8,16H2,1-4H3. The van der Waals surface area contributed by atoms with E-state index in [1.807, 2.05) is 19.1 Å². The molecule has 0 aliphatic carbocycles. The van der Waals surface area contributed by atoms with Crippen molar-refractivity contribution in [1.29, 1.82) is 0 Å². The first-order chi connectivity index (χ1) is 7.81. The Morgan fingerprint density at radius 2 is 2.00 bits per heavy atom. The molecular weight excluding hydrogens is 233 g/mol. The maximum absolute atomic E-state index is 13.9. The fraction of sp³-hybridized carbons (Fsp3) is 0.571. The molecule has 1 rings (SSSR count). The quantitative estimate of drug-likeness (QED) is 0.823. The summed E-state index contributed by atoms with van der Waals surface area (Å²) in [7, 11) is 0. The molecule has 0 aliphatic heterocycles. The first kappa shape index (κ1) is 14.5. The minimum Gasteiger partial charge on any atom is -0.327 e. The smallest absolute Gasteiger partial charge is 0.137 e. The van der Waals surface area contributed by atoms with Crippen molar-refractivity contribution in [1.82, 2.24) is 0 Å². The molecule has 0 saturated carbocycles. The molecule has 0 radical (unpaired) electrons. The van der Waals surface area contributed by atoms with E-state index >= 15 is 0 Å². The van der Waals surface area contributed by atoms with Crippen LogP contribution in [0.2, 0.25) is 0 Å². The molecule has 2 N–H and O–H groups in total. The summed E-state index contributed by atoms with van der Waals surface area (Å²) in [6, 6.07) is 5.58. The van der Waals surface area contributed by atoms with Gasteiger partial charge in [-0.2, -0.15) is 0 Å². The molecule has 0 aromatic heterocycles. The number of hydrogen-bond acceptors (Lipinski definition) is 2. The number of rotatable bonds is 4. The number of halogens is 1. The van der Waals surface area contributed by atoms with Crippen molar-refractivity contribution < 1.29 is 4.39 Å². The summed E-state index contributed by atoms with van der Waals surface area (Å²) in [4.78, 5) is 0.714.